The molecule has 5 heteroatoms. The van der Waals surface area contributed by atoms with Gasteiger partial charge in [0.1, 0.15) is 0 Å². The van der Waals surface area contributed by atoms with Gasteiger partial charge in [0.05, 0.1) is 6.54 Å². The van der Waals surface area contributed by atoms with Crippen LogP contribution in [0.5, 0.6) is 0 Å². The quantitative estimate of drug-likeness (QED) is 0.410. The molecule has 0 bridgehead atoms. The molecule has 3 N–H and O–H groups in total. The topological polar surface area (TPSA) is 62.9 Å². The van der Waals surface area contributed by atoms with Crippen LogP contribution in [-0.4, -0.2) is 43.2 Å². The molecule has 5 nitrogen and oxygen atoms in total. The largest absolute Gasteiger partial charge is 0.382 e. The zero-order valence-electron chi connectivity index (χ0n) is 15.8. The van der Waals surface area contributed by atoms with Crippen molar-refractivity contribution in [1.29, 1.82) is 0 Å². The molecule has 1 fully saturated rings. The molecule has 1 unspecified atom stereocenters. The molecule has 1 saturated heterocycles. The van der Waals surface area contributed by atoms with Crippen molar-refractivity contribution in [2.75, 3.05) is 26.3 Å². The van der Waals surface area contributed by atoms with Crippen molar-refractivity contribution in [2.45, 2.75) is 58.7 Å². The van der Waals surface area contributed by atoms with E-state index in [9.17, 15) is 0 Å². The molecule has 1 aliphatic rings. The Morgan fingerprint density at radius 1 is 1.28 bits per heavy atom. The fourth-order valence-corrected chi connectivity index (χ4v) is 3.14. The average Bonchev–Trinajstić information content (AvgIpc) is 2.63. The Balaban J connectivity index is 1.73. The van der Waals surface area contributed by atoms with E-state index < -0.39 is 0 Å². The molecule has 1 atom stereocenters. The Morgan fingerprint density at radius 3 is 2.76 bits per heavy atom. The number of hydrogen-bond acceptors (Lipinski definition) is 3. The third-order valence-electron chi connectivity index (χ3n) is 4.76. The maximum atomic E-state index is 5.90. The number of ether oxygens (including phenoxy) is 1. The van der Waals surface area contributed by atoms with Crippen LogP contribution >= 0.6 is 0 Å². The van der Waals surface area contributed by atoms with Crippen LogP contribution in [0.3, 0.4) is 0 Å². The lowest BCUT2D eigenvalue weighted by Gasteiger charge is -2.33. The minimum Gasteiger partial charge on any atom is -0.382 e. The van der Waals surface area contributed by atoms with Gasteiger partial charge in [0.15, 0.2) is 5.96 Å². The first-order valence-corrected chi connectivity index (χ1v) is 9.62. The van der Waals surface area contributed by atoms with Gasteiger partial charge < -0.3 is 15.8 Å². The maximum Gasteiger partial charge on any atom is 0.188 e. The first-order chi connectivity index (χ1) is 12.2. The van der Waals surface area contributed by atoms with Crippen LogP contribution in [0.15, 0.2) is 29.3 Å². The monoisotopic (exact) mass is 346 g/mol. The molecule has 2 rings (SSSR count). The van der Waals surface area contributed by atoms with Gasteiger partial charge in [0.25, 0.3) is 0 Å². The van der Waals surface area contributed by atoms with E-state index in [4.69, 9.17) is 10.5 Å². The van der Waals surface area contributed by atoms with Gasteiger partial charge in [-0.25, -0.2) is 4.99 Å². The van der Waals surface area contributed by atoms with Gasteiger partial charge >= 0.3 is 0 Å². The van der Waals surface area contributed by atoms with Crippen molar-refractivity contribution >= 4 is 5.96 Å². The van der Waals surface area contributed by atoms with E-state index in [2.05, 4.69) is 46.4 Å². The van der Waals surface area contributed by atoms with E-state index in [0.29, 0.717) is 18.5 Å². The second-order valence-corrected chi connectivity index (χ2v) is 6.81. The van der Waals surface area contributed by atoms with E-state index in [0.717, 1.165) is 32.7 Å². The number of guanidine groups is 1. The van der Waals surface area contributed by atoms with Crippen molar-refractivity contribution < 1.29 is 4.74 Å². The smallest absolute Gasteiger partial charge is 0.188 e. The summed E-state index contributed by atoms with van der Waals surface area (Å²) in [5, 5.41) is 3.12. The number of aliphatic imine (C=N–C) groups is 1. The van der Waals surface area contributed by atoms with E-state index in [-0.39, 0.29) is 0 Å². The summed E-state index contributed by atoms with van der Waals surface area (Å²) in [5.41, 5.74) is 8.46. The van der Waals surface area contributed by atoms with E-state index >= 15 is 0 Å². The number of nitrogens with one attached hydrogen (secondary N) is 1. The minimum atomic E-state index is 0.503. The standard InChI is InChI=1S/C20H34N4O/c1-3-25-14-6-12-22-20(21)23-15-18-8-10-19(11-9-18)16-24-13-5-4-7-17(24)2/h8-11,17H,3-7,12-16H2,1-2H3,(H3,21,22,23). The summed E-state index contributed by atoms with van der Waals surface area (Å²) in [6.45, 7) is 9.54. The molecular weight excluding hydrogens is 312 g/mol. The lowest BCUT2D eigenvalue weighted by atomic mass is 10.0. The van der Waals surface area contributed by atoms with Crippen LogP contribution in [0.2, 0.25) is 0 Å². The molecule has 0 amide bonds. The molecule has 1 heterocycles. The summed E-state index contributed by atoms with van der Waals surface area (Å²) in [6.07, 6.45) is 4.96. The summed E-state index contributed by atoms with van der Waals surface area (Å²) >= 11 is 0. The van der Waals surface area contributed by atoms with Crippen molar-refractivity contribution in [3.8, 4) is 0 Å². The molecule has 140 valence electrons. The van der Waals surface area contributed by atoms with Gasteiger partial charge in [-0.1, -0.05) is 30.7 Å². The number of rotatable bonds is 9. The van der Waals surface area contributed by atoms with Gasteiger partial charge in [-0.3, -0.25) is 4.90 Å². The van der Waals surface area contributed by atoms with Gasteiger partial charge in [-0.15, -0.1) is 0 Å². The van der Waals surface area contributed by atoms with Crippen molar-refractivity contribution in [1.82, 2.24) is 10.2 Å². The van der Waals surface area contributed by atoms with Crippen LogP contribution in [0.4, 0.5) is 0 Å². The van der Waals surface area contributed by atoms with Gasteiger partial charge in [-0.2, -0.15) is 0 Å². The second kappa shape index (κ2) is 11.1. The third-order valence-corrected chi connectivity index (χ3v) is 4.76. The fraction of sp³-hybridized carbons (Fsp3) is 0.650. The molecule has 0 aromatic heterocycles. The second-order valence-electron chi connectivity index (χ2n) is 6.81. The molecular formula is C20H34N4O. The van der Waals surface area contributed by atoms with E-state index in [1.807, 2.05) is 6.92 Å². The zero-order valence-corrected chi connectivity index (χ0v) is 15.8. The summed E-state index contributed by atoms with van der Waals surface area (Å²) in [4.78, 5) is 6.99. The lowest BCUT2D eigenvalue weighted by Crippen LogP contribution is -2.36. The Kier molecular flexibility index (Phi) is 8.77. The first kappa shape index (κ1) is 19.7. The van der Waals surface area contributed by atoms with Gasteiger partial charge in [-0.05, 0) is 50.8 Å². The highest BCUT2D eigenvalue weighted by atomic mass is 16.5. The summed E-state index contributed by atoms with van der Waals surface area (Å²) in [5.74, 6) is 0.503. The van der Waals surface area contributed by atoms with Crippen LogP contribution in [0, 0.1) is 0 Å². The number of benzene rings is 1. The van der Waals surface area contributed by atoms with Crippen LogP contribution < -0.4 is 11.1 Å². The van der Waals surface area contributed by atoms with Gasteiger partial charge in [0, 0.05) is 32.3 Å². The van der Waals surface area contributed by atoms with Crippen molar-refractivity contribution in [3.63, 3.8) is 0 Å². The summed E-state index contributed by atoms with van der Waals surface area (Å²) < 4.78 is 5.29. The number of likely N-dealkylation sites (tertiary alicyclic amines) is 1. The summed E-state index contributed by atoms with van der Waals surface area (Å²) in [6, 6.07) is 9.47. The minimum absolute atomic E-state index is 0.503. The molecule has 0 aliphatic carbocycles. The van der Waals surface area contributed by atoms with E-state index in [1.165, 1.54) is 36.9 Å². The highest BCUT2D eigenvalue weighted by molar-refractivity contribution is 5.77. The normalized spacial score (nSPS) is 19.1. The Morgan fingerprint density at radius 2 is 2.04 bits per heavy atom. The number of nitrogens with two attached hydrogens (primary N) is 1. The van der Waals surface area contributed by atoms with Crippen molar-refractivity contribution in [3.05, 3.63) is 35.4 Å². The SMILES string of the molecule is CCOCCCNC(N)=NCc1ccc(CN2CCCCC2C)cc1. The zero-order chi connectivity index (χ0) is 17.9. The Bertz CT molecular complexity index is 515. The predicted octanol–water partition coefficient (Wildman–Crippen LogP) is 2.89. The highest BCUT2D eigenvalue weighted by Crippen LogP contribution is 2.19. The maximum absolute atomic E-state index is 5.90. The lowest BCUT2D eigenvalue weighted by molar-refractivity contribution is 0.145. The van der Waals surface area contributed by atoms with Crippen LogP contribution in [0.1, 0.15) is 50.7 Å². The molecule has 25 heavy (non-hydrogen) atoms. The van der Waals surface area contributed by atoms with Crippen LogP contribution in [-0.2, 0) is 17.8 Å². The molecule has 0 radical (unpaired) electrons. The number of piperidine rings is 1. The molecule has 1 aromatic rings. The average molecular weight is 347 g/mol. The summed E-state index contributed by atoms with van der Waals surface area (Å²) in [7, 11) is 0. The van der Waals surface area contributed by atoms with Crippen molar-refractivity contribution in [2.24, 2.45) is 10.7 Å². The molecule has 0 saturated carbocycles. The molecule has 1 aromatic carbocycles. The highest BCUT2D eigenvalue weighted by Gasteiger charge is 2.17. The third kappa shape index (κ3) is 7.45. The predicted molar refractivity (Wildman–Crippen MR) is 105 cm³/mol. The number of hydrogen-bond donors (Lipinski definition) is 2. The Hall–Kier alpha value is -1.59. The fourth-order valence-electron chi connectivity index (χ4n) is 3.14. The first-order valence-electron chi connectivity index (χ1n) is 9.62. The molecule has 0 spiro atoms. The van der Waals surface area contributed by atoms with E-state index in [1.54, 1.807) is 0 Å². The Labute approximate surface area is 152 Å². The van der Waals surface area contributed by atoms with Crippen LogP contribution in [0.25, 0.3) is 0 Å². The van der Waals surface area contributed by atoms with Gasteiger partial charge in [0.2, 0.25) is 0 Å². The molecule has 1 aliphatic heterocycles. The number of nitrogens with zero attached hydrogens (tertiary/aromatic N) is 2.